The van der Waals surface area contributed by atoms with E-state index in [2.05, 4.69) is 0 Å². The van der Waals surface area contributed by atoms with Crippen molar-refractivity contribution in [1.29, 1.82) is 0 Å². The summed E-state index contributed by atoms with van der Waals surface area (Å²) in [6.07, 6.45) is 0. The van der Waals surface area contributed by atoms with Gasteiger partial charge in [-0.05, 0) is 42.3 Å². The first-order valence-corrected chi connectivity index (χ1v) is 6.17. The molecule has 0 saturated carbocycles. The topological polar surface area (TPSA) is 26.3 Å². The Kier molecular flexibility index (Phi) is 2.43. The van der Waals surface area contributed by atoms with E-state index < -0.39 is 0 Å². The molecule has 0 N–H and O–H groups in total. The highest BCUT2D eigenvalue weighted by Gasteiger charge is 2.26. The maximum Gasteiger partial charge on any atom is 0.194 e. The lowest BCUT2D eigenvalue weighted by atomic mass is 10.0. The first-order chi connectivity index (χ1) is 8.20. The molecule has 0 unspecified atom stereocenters. The number of ketones is 1. The SMILES string of the molecule is Cc1ccc2c(c1)C(=O)c1cc(OI)ccc1-2. The second-order valence-electron chi connectivity index (χ2n) is 4.16. The Morgan fingerprint density at radius 3 is 2.29 bits per heavy atom. The summed E-state index contributed by atoms with van der Waals surface area (Å²) in [5.41, 5.74) is 4.67. The van der Waals surface area contributed by atoms with Crippen LogP contribution >= 0.6 is 23.0 Å². The van der Waals surface area contributed by atoms with Gasteiger partial charge in [0, 0.05) is 11.1 Å². The zero-order valence-corrected chi connectivity index (χ0v) is 11.3. The Balaban J connectivity index is 2.27. The van der Waals surface area contributed by atoms with Crippen molar-refractivity contribution >= 4 is 28.8 Å². The molecule has 3 heteroatoms. The van der Waals surface area contributed by atoms with E-state index in [1.807, 2.05) is 60.3 Å². The molecular formula is C14H9IO2. The summed E-state index contributed by atoms with van der Waals surface area (Å²) in [6, 6.07) is 11.6. The largest absolute Gasteiger partial charge is 0.428 e. The molecule has 0 spiro atoms. The molecule has 2 nitrogen and oxygen atoms in total. The fourth-order valence-corrected chi connectivity index (χ4v) is 2.49. The van der Waals surface area contributed by atoms with Crippen LogP contribution in [-0.2, 0) is 0 Å². The number of benzene rings is 2. The minimum atomic E-state index is 0.0917. The molecule has 0 heterocycles. The highest BCUT2D eigenvalue weighted by atomic mass is 127. The van der Waals surface area contributed by atoms with E-state index in [9.17, 15) is 4.79 Å². The first-order valence-electron chi connectivity index (χ1n) is 5.29. The van der Waals surface area contributed by atoms with Crippen LogP contribution in [0.4, 0.5) is 0 Å². The van der Waals surface area contributed by atoms with Crippen molar-refractivity contribution in [3.63, 3.8) is 0 Å². The summed E-state index contributed by atoms with van der Waals surface area (Å²) in [5, 5.41) is 0. The third kappa shape index (κ3) is 1.57. The van der Waals surface area contributed by atoms with Crippen LogP contribution in [0.5, 0.6) is 5.75 Å². The maximum atomic E-state index is 12.3. The molecule has 0 radical (unpaired) electrons. The third-order valence-corrected chi connectivity index (χ3v) is 3.54. The van der Waals surface area contributed by atoms with Crippen LogP contribution in [0.15, 0.2) is 36.4 Å². The van der Waals surface area contributed by atoms with E-state index in [1.165, 1.54) is 0 Å². The lowest BCUT2D eigenvalue weighted by Gasteiger charge is -2.01. The standard InChI is InChI=1S/C14H9IO2/c1-8-2-4-10-11-5-3-9(17-15)7-13(11)14(16)12(10)6-8/h2-7H,1H3. The number of fused-ring (bicyclic) bond motifs is 3. The van der Waals surface area contributed by atoms with Gasteiger partial charge in [0.1, 0.15) is 5.75 Å². The average Bonchev–Trinajstić information content (AvgIpc) is 2.62. The second kappa shape index (κ2) is 3.84. The van der Waals surface area contributed by atoms with Crippen molar-refractivity contribution < 1.29 is 7.86 Å². The van der Waals surface area contributed by atoms with Gasteiger partial charge in [-0.1, -0.05) is 17.7 Å². The zero-order chi connectivity index (χ0) is 12.0. The Hall–Kier alpha value is -1.36. The Morgan fingerprint density at radius 1 is 0.941 bits per heavy atom. The van der Waals surface area contributed by atoms with Crippen molar-refractivity contribution in [3.05, 3.63) is 53.1 Å². The van der Waals surface area contributed by atoms with Crippen molar-refractivity contribution in [2.75, 3.05) is 0 Å². The molecule has 2 aromatic rings. The summed E-state index contributed by atoms with van der Waals surface area (Å²) < 4.78 is 5.13. The summed E-state index contributed by atoms with van der Waals surface area (Å²) >= 11 is 1.82. The molecule has 2 aromatic carbocycles. The predicted molar refractivity (Wildman–Crippen MR) is 74.7 cm³/mol. The minimum Gasteiger partial charge on any atom is -0.428 e. The molecular weight excluding hydrogens is 327 g/mol. The van der Waals surface area contributed by atoms with Gasteiger partial charge >= 0.3 is 0 Å². The minimum absolute atomic E-state index is 0.0917. The van der Waals surface area contributed by atoms with E-state index in [4.69, 9.17) is 3.07 Å². The Morgan fingerprint density at radius 2 is 1.59 bits per heavy atom. The lowest BCUT2D eigenvalue weighted by molar-refractivity contribution is 0.104. The molecule has 0 fully saturated rings. The van der Waals surface area contributed by atoms with Gasteiger partial charge < -0.3 is 3.07 Å². The zero-order valence-electron chi connectivity index (χ0n) is 9.16. The second-order valence-corrected chi connectivity index (χ2v) is 4.60. The average molecular weight is 336 g/mol. The summed E-state index contributed by atoms with van der Waals surface area (Å²) in [4.78, 5) is 12.3. The molecule has 17 heavy (non-hydrogen) atoms. The number of rotatable bonds is 1. The van der Waals surface area contributed by atoms with Crippen LogP contribution in [0.1, 0.15) is 21.5 Å². The van der Waals surface area contributed by atoms with E-state index in [0.717, 1.165) is 27.8 Å². The molecule has 0 aromatic heterocycles. The summed E-state index contributed by atoms with van der Waals surface area (Å²) in [6.45, 7) is 2.00. The number of halogens is 1. The number of hydrogen-bond acceptors (Lipinski definition) is 2. The van der Waals surface area contributed by atoms with Crippen molar-refractivity contribution in [1.82, 2.24) is 0 Å². The van der Waals surface area contributed by atoms with Crippen LogP contribution in [-0.4, -0.2) is 5.78 Å². The first kappa shape index (κ1) is 10.8. The molecule has 0 aliphatic heterocycles. The Labute approximate surface area is 113 Å². The van der Waals surface area contributed by atoms with E-state index in [-0.39, 0.29) is 5.78 Å². The van der Waals surface area contributed by atoms with Gasteiger partial charge in [0.25, 0.3) is 0 Å². The molecule has 0 atom stereocenters. The highest BCUT2D eigenvalue weighted by Crippen LogP contribution is 2.38. The van der Waals surface area contributed by atoms with Gasteiger partial charge in [0.05, 0.1) is 0 Å². The lowest BCUT2D eigenvalue weighted by Crippen LogP contribution is -1.95. The fourth-order valence-electron chi connectivity index (χ4n) is 2.22. The molecule has 84 valence electrons. The highest BCUT2D eigenvalue weighted by molar-refractivity contribution is 14.1. The third-order valence-electron chi connectivity index (χ3n) is 3.03. The molecule has 0 amide bonds. The van der Waals surface area contributed by atoms with E-state index >= 15 is 0 Å². The van der Waals surface area contributed by atoms with Gasteiger partial charge in [0.15, 0.2) is 28.8 Å². The molecule has 0 bridgehead atoms. The monoisotopic (exact) mass is 336 g/mol. The number of aryl methyl sites for hydroxylation is 1. The van der Waals surface area contributed by atoms with Gasteiger partial charge in [-0.25, -0.2) is 0 Å². The molecule has 1 aliphatic rings. The fraction of sp³-hybridized carbons (Fsp3) is 0.0714. The summed E-state index contributed by atoms with van der Waals surface area (Å²) in [5.74, 6) is 0.802. The van der Waals surface area contributed by atoms with Crippen LogP contribution < -0.4 is 3.07 Å². The van der Waals surface area contributed by atoms with Crippen LogP contribution in [0.2, 0.25) is 0 Å². The molecule has 0 saturated heterocycles. The van der Waals surface area contributed by atoms with E-state index in [1.54, 1.807) is 6.07 Å². The van der Waals surface area contributed by atoms with Crippen LogP contribution in [0, 0.1) is 6.92 Å². The van der Waals surface area contributed by atoms with Crippen molar-refractivity contribution in [2.45, 2.75) is 6.92 Å². The van der Waals surface area contributed by atoms with Gasteiger partial charge in [0.2, 0.25) is 0 Å². The van der Waals surface area contributed by atoms with Crippen LogP contribution in [0.25, 0.3) is 11.1 Å². The van der Waals surface area contributed by atoms with Crippen molar-refractivity contribution in [2.24, 2.45) is 0 Å². The van der Waals surface area contributed by atoms with Gasteiger partial charge in [-0.3, -0.25) is 4.79 Å². The molecule has 3 rings (SSSR count). The molecule has 1 aliphatic carbocycles. The van der Waals surface area contributed by atoms with Crippen molar-refractivity contribution in [3.8, 4) is 16.9 Å². The van der Waals surface area contributed by atoms with Crippen LogP contribution in [0.3, 0.4) is 0 Å². The quantitative estimate of drug-likeness (QED) is 0.630. The Bertz CT molecular complexity index is 632. The number of hydrogen-bond donors (Lipinski definition) is 0. The van der Waals surface area contributed by atoms with E-state index in [0.29, 0.717) is 5.75 Å². The summed E-state index contributed by atoms with van der Waals surface area (Å²) in [7, 11) is 0. The number of carbonyl (C=O) groups is 1. The normalized spacial score (nSPS) is 12.2. The predicted octanol–water partition coefficient (Wildman–Crippen LogP) is 3.94. The smallest absolute Gasteiger partial charge is 0.194 e. The van der Waals surface area contributed by atoms with Gasteiger partial charge in [-0.15, -0.1) is 0 Å². The number of carbonyl (C=O) groups excluding carboxylic acids is 1. The maximum absolute atomic E-state index is 12.3. The van der Waals surface area contributed by atoms with Gasteiger partial charge in [-0.2, -0.15) is 0 Å².